The van der Waals surface area contributed by atoms with Gasteiger partial charge in [-0.3, -0.25) is 4.79 Å². The number of benzene rings is 2. The van der Waals surface area contributed by atoms with Crippen molar-refractivity contribution in [2.75, 3.05) is 0 Å². The molecule has 0 radical (unpaired) electrons. The summed E-state index contributed by atoms with van der Waals surface area (Å²) >= 11 is 5.88. The Hall–Kier alpha value is -1.80. The fourth-order valence-electron chi connectivity index (χ4n) is 2.47. The SMILES string of the molecule is O=C(Cc1ccc(Cl)cc1)N(Cc1ccccc1)C1CC1. The molecule has 1 amide bonds. The fraction of sp³-hybridized carbons (Fsp3) is 0.278. The van der Waals surface area contributed by atoms with Gasteiger partial charge in [-0.2, -0.15) is 0 Å². The maximum Gasteiger partial charge on any atom is 0.227 e. The van der Waals surface area contributed by atoms with Gasteiger partial charge in [-0.1, -0.05) is 54.1 Å². The van der Waals surface area contributed by atoms with Crippen molar-refractivity contribution in [3.63, 3.8) is 0 Å². The van der Waals surface area contributed by atoms with Crippen LogP contribution in [0.15, 0.2) is 54.6 Å². The Morgan fingerprint density at radius 2 is 1.67 bits per heavy atom. The Labute approximate surface area is 130 Å². The molecule has 0 N–H and O–H groups in total. The summed E-state index contributed by atoms with van der Waals surface area (Å²) < 4.78 is 0. The Morgan fingerprint density at radius 3 is 2.29 bits per heavy atom. The molecule has 0 heterocycles. The van der Waals surface area contributed by atoms with E-state index in [1.165, 1.54) is 5.56 Å². The van der Waals surface area contributed by atoms with Gasteiger partial charge >= 0.3 is 0 Å². The van der Waals surface area contributed by atoms with Gasteiger partial charge in [0.25, 0.3) is 0 Å². The Kier molecular flexibility index (Phi) is 4.26. The molecule has 0 spiro atoms. The number of amides is 1. The highest BCUT2D eigenvalue weighted by atomic mass is 35.5. The average Bonchev–Trinajstić information content (AvgIpc) is 3.33. The Balaban J connectivity index is 1.69. The van der Waals surface area contributed by atoms with Crippen LogP contribution in [0, 0.1) is 0 Å². The van der Waals surface area contributed by atoms with Crippen molar-refractivity contribution >= 4 is 17.5 Å². The van der Waals surface area contributed by atoms with Crippen molar-refractivity contribution in [2.45, 2.75) is 31.8 Å². The first-order chi connectivity index (χ1) is 10.2. The van der Waals surface area contributed by atoms with Crippen LogP contribution in [-0.4, -0.2) is 16.8 Å². The van der Waals surface area contributed by atoms with E-state index in [1.54, 1.807) is 0 Å². The summed E-state index contributed by atoms with van der Waals surface area (Å²) in [6.45, 7) is 0.706. The zero-order valence-electron chi connectivity index (χ0n) is 11.8. The molecule has 0 unspecified atom stereocenters. The van der Waals surface area contributed by atoms with Gasteiger partial charge in [-0.05, 0) is 36.1 Å². The van der Waals surface area contributed by atoms with Gasteiger partial charge in [0.05, 0.1) is 6.42 Å². The summed E-state index contributed by atoms with van der Waals surface area (Å²) in [5, 5.41) is 0.703. The monoisotopic (exact) mass is 299 g/mol. The van der Waals surface area contributed by atoms with E-state index in [2.05, 4.69) is 12.1 Å². The topological polar surface area (TPSA) is 20.3 Å². The molecule has 1 aliphatic rings. The number of hydrogen-bond acceptors (Lipinski definition) is 1. The van der Waals surface area contributed by atoms with E-state index in [9.17, 15) is 4.79 Å². The third-order valence-electron chi connectivity index (χ3n) is 3.77. The molecule has 108 valence electrons. The average molecular weight is 300 g/mol. The van der Waals surface area contributed by atoms with Crippen LogP contribution < -0.4 is 0 Å². The zero-order chi connectivity index (χ0) is 14.7. The molecule has 0 bridgehead atoms. The van der Waals surface area contributed by atoms with Gasteiger partial charge in [-0.25, -0.2) is 0 Å². The van der Waals surface area contributed by atoms with Gasteiger partial charge in [0.2, 0.25) is 5.91 Å². The van der Waals surface area contributed by atoms with E-state index in [-0.39, 0.29) is 5.91 Å². The van der Waals surface area contributed by atoms with E-state index >= 15 is 0 Å². The minimum Gasteiger partial charge on any atom is -0.335 e. The number of rotatable bonds is 5. The number of carbonyl (C=O) groups is 1. The third kappa shape index (κ3) is 3.85. The molecule has 1 aliphatic carbocycles. The molecule has 2 nitrogen and oxygen atoms in total. The second-order valence-corrected chi connectivity index (χ2v) is 5.98. The van der Waals surface area contributed by atoms with Crippen molar-refractivity contribution in [1.82, 2.24) is 4.90 Å². The molecule has 21 heavy (non-hydrogen) atoms. The molecule has 3 heteroatoms. The van der Waals surface area contributed by atoms with Crippen LogP contribution in [0.1, 0.15) is 24.0 Å². The molecule has 1 saturated carbocycles. The quantitative estimate of drug-likeness (QED) is 0.815. The molecule has 2 aromatic rings. The predicted octanol–water partition coefficient (Wildman–Crippen LogP) is 4.07. The van der Waals surface area contributed by atoms with Crippen molar-refractivity contribution in [1.29, 1.82) is 0 Å². The largest absolute Gasteiger partial charge is 0.335 e. The summed E-state index contributed by atoms with van der Waals surface area (Å²) in [6.07, 6.45) is 2.69. The van der Waals surface area contributed by atoms with Crippen LogP contribution in [-0.2, 0) is 17.8 Å². The van der Waals surface area contributed by atoms with E-state index in [4.69, 9.17) is 11.6 Å². The van der Waals surface area contributed by atoms with E-state index in [0.29, 0.717) is 24.0 Å². The number of hydrogen-bond donors (Lipinski definition) is 0. The highest BCUT2D eigenvalue weighted by molar-refractivity contribution is 6.30. The van der Waals surface area contributed by atoms with Crippen molar-refractivity contribution in [3.05, 3.63) is 70.7 Å². The van der Waals surface area contributed by atoms with Crippen LogP contribution in [0.3, 0.4) is 0 Å². The Bertz CT molecular complexity index is 605. The molecule has 1 fully saturated rings. The smallest absolute Gasteiger partial charge is 0.227 e. The first-order valence-corrected chi connectivity index (χ1v) is 7.68. The maximum absolute atomic E-state index is 12.6. The van der Waals surface area contributed by atoms with E-state index in [1.807, 2.05) is 47.4 Å². The van der Waals surface area contributed by atoms with Gasteiger partial charge < -0.3 is 4.90 Å². The van der Waals surface area contributed by atoms with Gasteiger partial charge in [0, 0.05) is 17.6 Å². The van der Waals surface area contributed by atoms with Crippen LogP contribution in [0.5, 0.6) is 0 Å². The lowest BCUT2D eigenvalue weighted by atomic mass is 10.1. The standard InChI is InChI=1S/C18H18ClNO/c19-16-8-6-14(7-9-16)12-18(21)20(17-10-11-17)13-15-4-2-1-3-5-15/h1-9,17H,10-13H2. The minimum absolute atomic E-state index is 0.198. The normalized spacial score (nSPS) is 14.0. The highest BCUT2D eigenvalue weighted by Crippen LogP contribution is 2.29. The highest BCUT2D eigenvalue weighted by Gasteiger charge is 2.32. The Morgan fingerprint density at radius 1 is 1.00 bits per heavy atom. The van der Waals surface area contributed by atoms with Gasteiger partial charge in [-0.15, -0.1) is 0 Å². The molecule has 3 rings (SSSR count). The zero-order valence-corrected chi connectivity index (χ0v) is 12.6. The van der Waals surface area contributed by atoms with Crippen LogP contribution in [0.4, 0.5) is 0 Å². The molecular formula is C18H18ClNO. The molecular weight excluding hydrogens is 282 g/mol. The number of halogens is 1. The van der Waals surface area contributed by atoms with Crippen molar-refractivity contribution in [3.8, 4) is 0 Å². The van der Waals surface area contributed by atoms with Crippen LogP contribution in [0.2, 0.25) is 5.02 Å². The third-order valence-corrected chi connectivity index (χ3v) is 4.02. The summed E-state index contributed by atoms with van der Waals surface area (Å²) in [4.78, 5) is 14.6. The molecule has 0 aliphatic heterocycles. The molecule has 2 aromatic carbocycles. The van der Waals surface area contributed by atoms with Gasteiger partial charge in [0.1, 0.15) is 0 Å². The second kappa shape index (κ2) is 6.31. The number of nitrogens with zero attached hydrogens (tertiary/aromatic N) is 1. The van der Waals surface area contributed by atoms with Crippen LogP contribution in [0.25, 0.3) is 0 Å². The van der Waals surface area contributed by atoms with Gasteiger partial charge in [0.15, 0.2) is 0 Å². The maximum atomic E-state index is 12.6. The lowest BCUT2D eigenvalue weighted by Crippen LogP contribution is -2.33. The summed E-state index contributed by atoms with van der Waals surface area (Å²) in [7, 11) is 0. The lowest BCUT2D eigenvalue weighted by Gasteiger charge is -2.22. The summed E-state index contributed by atoms with van der Waals surface area (Å²) in [5.41, 5.74) is 2.21. The van der Waals surface area contributed by atoms with E-state index in [0.717, 1.165) is 18.4 Å². The number of carbonyl (C=O) groups excluding carboxylic acids is 1. The second-order valence-electron chi connectivity index (χ2n) is 5.54. The van der Waals surface area contributed by atoms with Crippen molar-refractivity contribution in [2.24, 2.45) is 0 Å². The summed E-state index contributed by atoms with van der Waals surface area (Å²) in [6, 6.07) is 18.1. The van der Waals surface area contributed by atoms with Crippen molar-refractivity contribution < 1.29 is 4.79 Å². The molecule has 0 atom stereocenters. The minimum atomic E-state index is 0.198. The fourth-order valence-corrected chi connectivity index (χ4v) is 2.59. The summed E-state index contributed by atoms with van der Waals surface area (Å²) in [5.74, 6) is 0.198. The molecule has 0 saturated heterocycles. The molecule has 0 aromatic heterocycles. The van der Waals surface area contributed by atoms with E-state index < -0.39 is 0 Å². The predicted molar refractivity (Wildman–Crippen MR) is 85.2 cm³/mol. The van der Waals surface area contributed by atoms with Crippen LogP contribution >= 0.6 is 11.6 Å². The first-order valence-electron chi connectivity index (χ1n) is 7.30. The lowest BCUT2D eigenvalue weighted by molar-refractivity contribution is -0.131. The first kappa shape index (κ1) is 14.2.